The lowest BCUT2D eigenvalue weighted by Crippen LogP contribution is -2.32. The van der Waals surface area contributed by atoms with Gasteiger partial charge in [0.25, 0.3) is 0 Å². The molecule has 2 rings (SSSR count). The van der Waals surface area contributed by atoms with Gasteiger partial charge in [0.05, 0.1) is 0 Å². The number of rotatable bonds is 4. The average molecular weight is 265 g/mol. The molecule has 7 heteroatoms. The number of oxime groups is 1. The molecule has 0 spiro atoms. The van der Waals surface area contributed by atoms with E-state index >= 15 is 0 Å². The first kappa shape index (κ1) is 13.5. The maximum Gasteiger partial charge on any atom is 0.192 e. The van der Waals surface area contributed by atoms with Gasteiger partial charge in [-0.05, 0) is 18.8 Å². The van der Waals surface area contributed by atoms with E-state index in [2.05, 4.69) is 15.1 Å². The van der Waals surface area contributed by atoms with Crippen LogP contribution in [0.25, 0.3) is 0 Å². The molecule has 104 valence electrons. The van der Waals surface area contributed by atoms with Crippen molar-refractivity contribution in [3.8, 4) is 0 Å². The minimum atomic E-state index is -0.0260. The highest BCUT2D eigenvalue weighted by Crippen LogP contribution is 2.20. The zero-order valence-corrected chi connectivity index (χ0v) is 11.0. The van der Waals surface area contributed by atoms with Gasteiger partial charge >= 0.3 is 0 Å². The van der Waals surface area contributed by atoms with Crippen molar-refractivity contribution in [3.63, 3.8) is 0 Å². The predicted octanol–water partition coefficient (Wildman–Crippen LogP) is 0.434. The van der Waals surface area contributed by atoms with Crippen molar-refractivity contribution in [3.05, 3.63) is 18.1 Å². The van der Waals surface area contributed by atoms with E-state index in [9.17, 15) is 0 Å². The van der Waals surface area contributed by atoms with Gasteiger partial charge in [0.15, 0.2) is 17.3 Å². The molecule has 1 aliphatic rings. The summed E-state index contributed by atoms with van der Waals surface area (Å²) in [6, 6.07) is 0. The molecule has 1 saturated heterocycles. The van der Waals surface area contributed by atoms with Crippen LogP contribution in [0.1, 0.15) is 18.5 Å². The first-order valence-corrected chi connectivity index (χ1v) is 6.30. The molecule has 2 heterocycles. The van der Waals surface area contributed by atoms with Gasteiger partial charge in [-0.1, -0.05) is 5.16 Å². The second-order valence-corrected chi connectivity index (χ2v) is 4.65. The molecule has 0 aromatic carbocycles. The lowest BCUT2D eigenvalue weighted by Gasteiger charge is -2.28. The highest BCUT2D eigenvalue weighted by atomic mass is 16.5. The van der Waals surface area contributed by atoms with Gasteiger partial charge in [0, 0.05) is 39.2 Å². The Hall–Kier alpha value is -1.89. The smallest absolute Gasteiger partial charge is 0.192 e. The van der Waals surface area contributed by atoms with Crippen molar-refractivity contribution in [2.75, 3.05) is 31.7 Å². The highest BCUT2D eigenvalue weighted by molar-refractivity contribution is 5.99. The van der Waals surface area contributed by atoms with E-state index in [0.717, 1.165) is 32.6 Å². The molecule has 0 unspecified atom stereocenters. The third-order valence-corrected chi connectivity index (χ3v) is 3.26. The molecule has 19 heavy (non-hydrogen) atoms. The van der Waals surface area contributed by atoms with Crippen molar-refractivity contribution in [1.29, 1.82) is 0 Å². The fourth-order valence-corrected chi connectivity index (χ4v) is 2.24. The van der Waals surface area contributed by atoms with Crippen LogP contribution in [0.15, 0.2) is 17.5 Å². The summed E-state index contributed by atoms with van der Waals surface area (Å²) in [5, 5.41) is 11.8. The minimum absolute atomic E-state index is 0.0260. The lowest BCUT2D eigenvalue weighted by atomic mass is 10.00. The molecule has 0 radical (unpaired) electrons. The molecule has 0 amide bonds. The van der Waals surface area contributed by atoms with Crippen LogP contribution >= 0.6 is 0 Å². The topological polar surface area (TPSA) is 96.9 Å². The number of ether oxygens (including phenoxy) is 1. The van der Waals surface area contributed by atoms with E-state index in [0.29, 0.717) is 17.4 Å². The zero-order chi connectivity index (χ0) is 13.7. The molecular formula is C12H19N5O2. The fraction of sp³-hybridized carbons (Fsp3) is 0.583. The molecule has 7 nitrogen and oxygen atoms in total. The Bertz CT molecular complexity index is 446. The monoisotopic (exact) mass is 265 g/mol. The Morgan fingerprint density at radius 1 is 1.47 bits per heavy atom. The Labute approximate surface area is 112 Å². The second kappa shape index (κ2) is 6.33. The van der Waals surface area contributed by atoms with E-state index < -0.39 is 0 Å². The molecule has 3 N–H and O–H groups in total. The second-order valence-electron chi connectivity index (χ2n) is 4.65. The van der Waals surface area contributed by atoms with Gasteiger partial charge in [-0.25, -0.2) is 9.97 Å². The van der Waals surface area contributed by atoms with Crippen LogP contribution in [-0.4, -0.2) is 47.8 Å². The van der Waals surface area contributed by atoms with Crippen molar-refractivity contribution in [1.82, 2.24) is 9.97 Å². The normalized spacial score (nSPS) is 17.4. The molecule has 0 bridgehead atoms. The predicted molar refractivity (Wildman–Crippen MR) is 71.4 cm³/mol. The Kier molecular flexibility index (Phi) is 4.51. The zero-order valence-electron chi connectivity index (χ0n) is 11.0. The van der Waals surface area contributed by atoms with Gasteiger partial charge in [0.2, 0.25) is 0 Å². The summed E-state index contributed by atoms with van der Waals surface area (Å²) in [7, 11) is 1.94. The third kappa shape index (κ3) is 3.31. The molecule has 1 aliphatic heterocycles. The van der Waals surface area contributed by atoms with Crippen LogP contribution in [0.3, 0.4) is 0 Å². The fourth-order valence-electron chi connectivity index (χ4n) is 2.24. The number of anilines is 1. The van der Waals surface area contributed by atoms with Crippen LogP contribution in [-0.2, 0) is 4.74 Å². The Morgan fingerprint density at radius 2 is 2.16 bits per heavy atom. The van der Waals surface area contributed by atoms with Crippen LogP contribution in [0.4, 0.5) is 5.82 Å². The standard InChI is InChI=1S/C12H19N5O2/c1-17(8-9-2-6-19-7-3-9)12-10(11(13)16-18)14-4-5-15-12/h4-5,9,18H,2-3,6-8H2,1H3,(H2,13,16). The highest BCUT2D eigenvalue weighted by Gasteiger charge is 2.19. The molecule has 0 aliphatic carbocycles. The molecule has 1 aromatic heterocycles. The van der Waals surface area contributed by atoms with Crippen molar-refractivity contribution in [2.24, 2.45) is 16.8 Å². The third-order valence-electron chi connectivity index (χ3n) is 3.26. The van der Waals surface area contributed by atoms with E-state index in [1.165, 1.54) is 6.20 Å². The summed E-state index contributed by atoms with van der Waals surface area (Å²) < 4.78 is 5.35. The van der Waals surface area contributed by atoms with Gasteiger partial charge in [-0.2, -0.15) is 0 Å². The summed E-state index contributed by atoms with van der Waals surface area (Å²) in [4.78, 5) is 10.4. The maximum atomic E-state index is 8.78. The van der Waals surface area contributed by atoms with Gasteiger partial charge in [0.1, 0.15) is 0 Å². The summed E-state index contributed by atoms with van der Waals surface area (Å²) in [5.41, 5.74) is 6.02. The van der Waals surface area contributed by atoms with Crippen LogP contribution in [0, 0.1) is 5.92 Å². The molecule has 0 atom stereocenters. The van der Waals surface area contributed by atoms with E-state index in [-0.39, 0.29) is 5.84 Å². The van der Waals surface area contributed by atoms with Crippen LogP contribution < -0.4 is 10.6 Å². The quantitative estimate of drug-likeness (QED) is 0.355. The summed E-state index contributed by atoms with van der Waals surface area (Å²) >= 11 is 0. The van der Waals surface area contributed by atoms with Crippen molar-refractivity contribution < 1.29 is 9.94 Å². The summed E-state index contributed by atoms with van der Waals surface area (Å²) in [6.07, 6.45) is 5.22. The number of hydrogen-bond donors (Lipinski definition) is 2. The Balaban J connectivity index is 2.11. The number of amidine groups is 1. The molecule has 1 fully saturated rings. The SMILES string of the molecule is CN(CC1CCOCC1)c1nccnc1C(N)=NO. The number of nitrogens with zero attached hydrogens (tertiary/aromatic N) is 4. The molecular weight excluding hydrogens is 246 g/mol. The maximum absolute atomic E-state index is 8.78. The summed E-state index contributed by atoms with van der Waals surface area (Å²) in [5.74, 6) is 1.17. The molecule has 1 aromatic rings. The van der Waals surface area contributed by atoms with Crippen molar-refractivity contribution in [2.45, 2.75) is 12.8 Å². The largest absolute Gasteiger partial charge is 0.409 e. The Morgan fingerprint density at radius 3 is 2.84 bits per heavy atom. The van der Waals surface area contributed by atoms with E-state index in [1.807, 2.05) is 11.9 Å². The number of hydrogen-bond acceptors (Lipinski definition) is 6. The number of aromatic nitrogens is 2. The first-order valence-electron chi connectivity index (χ1n) is 6.30. The molecule has 0 saturated carbocycles. The average Bonchev–Trinajstić information content (AvgIpc) is 2.47. The minimum Gasteiger partial charge on any atom is -0.409 e. The summed E-state index contributed by atoms with van der Waals surface area (Å²) in [6.45, 7) is 2.48. The van der Waals surface area contributed by atoms with Gasteiger partial charge in [-0.15, -0.1) is 0 Å². The van der Waals surface area contributed by atoms with Crippen molar-refractivity contribution >= 4 is 11.7 Å². The van der Waals surface area contributed by atoms with E-state index in [1.54, 1.807) is 6.20 Å². The first-order chi connectivity index (χ1) is 9.22. The lowest BCUT2D eigenvalue weighted by molar-refractivity contribution is 0.0685. The number of nitrogens with two attached hydrogens (primary N) is 1. The van der Waals surface area contributed by atoms with Gasteiger partial charge < -0.3 is 20.6 Å². The van der Waals surface area contributed by atoms with Crippen LogP contribution in [0.5, 0.6) is 0 Å². The van der Waals surface area contributed by atoms with Crippen LogP contribution in [0.2, 0.25) is 0 Å². The van der Waals surface area contributed by atoms with E-state index in [4.69, 9.17) is 15.7 Å². The van der Waals surface area contributed by atoms with Gasteiger partial charge in [-0.3, -0.25) is 0 Å².